The second-order valence-electron chi connectivity index (χ2n) is 4.76. The molecule has 0 amide bonds. The highest BCUT2D eigenvalue weighted by atomic mass is 32.1. The number of aromatic nitrogens is 2. The van der Waals surface area contributed by atoms with Gasteiger partial charge in [-0.15, -0.1) is 0 Å². The molecule has 1 unspecified atom stereocenters. The number of rotatable bonds is 3. The molecular formula is C13H16N4S. The van der Waals surface area contributed by atoms with Gasteiger partial charge in [-0.1, -0.05) is 0 Å². The van der Waals surface area contributed by atoms with E-state index in [9.17, 15) is 0 Å². The normalized spacial score (nSPS) is 12.8. The van der Waals surface area contributed by atoms with Gasteiger partial charge in [0.15, 0.2) is 4.77 Å². The van der Waals surface area contributed by atoms with Crippen LogP contribution in [-0.4, -0.2) is 35.1 Å². The molecule has 0 saturated carbocycles. The molecule has 94 valence electrons. The molecule has 0 aliphatic rings. The van der Waals surface area contributed by atoms with Gasteiger partial charge in [-0.05, 0) is 51.4 Å². The van der Waals surface area contributed by atoms with E-state index in [2.05, 4.69) is 27.4 Å². The summed E-state index contributed by atoms with van der Waals surface area (Å²) >= 11 is 5.37. The van der Waals surface area contributed by atoms with Gasteiger partial charge in [0.2, 0.25) is 0 Å². The Morgan fingerprint density at radius 3 is 2.83 bits per heavy atom. The SMILES string of the molecule is CC(CN(C)C)n1c(=S)[nH]c2ccc(C#N)cc21. The summed E-state index contributed by atoms with van der Waals surface area (Å²) in [4.78, 5) is 5.31. The lowest BCUT2D eigenvalue weighted by atomic mass is 10.2. The molecule has 1 heterocycles. The molecule has 1 N–H and O–H groups in total. The van der Waals surface area contributed by atoms with Crippen molar-refractivity contribution >= 4 is 23.3 Å². The first-order chi connectivity index (χ1) is 8.52. The first-order valence-electron chi connectivity index (χ1n) is 5.82. The Hall–Kier alpha value is -1.64. The molecule has 0 spiro atoms. The van der Waals surface area contributed by atoms with Gasteiger partial charge >= 0.3 is 0 Å². The van der Waals surface area contributed by atoms with Crippen LogP contribution in [0.5, 0.6) is 0 Å². The number of aromatic amines is 1. The van der Waals surface area contributed by atoms with E-state index in [-0.39, 0.29) is 6.04 Å². The third-order valence-corrected chi connectivity index (χ3v) is 3.22. The van der Waals surface area contributed by atoms with Gasteiger partial charge in [0.25, 0.3) is 0 Å². The van der Waals surface area contributed by atoms with Crippen molar-refractivity contribution in [2.75, 3.05) is 20.6 Å². The number of imidazole rings is 1. The first-order valence-corrected chi connectivity index (χ1v) is 6.23. The zero-order valence-electron chi connectivity index (χ0n) is 10.8. The lowest BCUT2D eigenvalue weighted by Crippen LogP contribution is -2.22. The summed E-state index contributed by atoms with van der Waals surface area (Å²) in [7, 11) is 4.07. The smallest absolute Gasteiger partial charge is 0.178 e. The standard InChI is InChI=1S/C13H16N4S/c1-9(8-16(2)3)17-12-6-10(7-14)4-5-11(12)15-13(17)18/h4-6,9H,8H2,1-3H3,(H,15,18). The van der Waals surface area contributed by atoms with Crippen molar-refractivity contribution in [3.8, 4) is 6.07 Å². The maximum absolute atomic E-state index is 8.98. The molecule has 2 rings (SSSR count). The second kappa shape index (κ2) is 4.92. The molecule has 0 fully saturated rings. The Kier molecular flexibility index (Phi) is 3.50. The summed E-state index contributed by atoms with van der Waals surface area (Å²) in [6.07, 6.45) is 0. The average molecular weight is 260 g/mol. The molecule has 2 aromatic rings. The van der Waals surface area contributed by atoms with Crippen LogP contribution in [-0.2, 0) is 0 Å². The molecule has 5 heteroatoms. The summed E-state index contributed by atoms with van der Waals surface area (Å²) in [5.74, 6) is 0. The molecule has 0 saturated heterocycles. The van der Waals surface area contributed by atoms with Gasteiger partial charge in [-0.3, -0.25) is 0 Å². The van der Waals surface area contributed by atoms with Crippen molar-refractivity contribution in [1.29, 1.82) is 5.26 Å². The van der Waals surface area contributed by atoms with Gasteiger partial charge in [-0.25, -0.2) is 0 Å². The van der Waals surface area contributed by atoms with E-state index in [1.165, 1.54) is 0 Å². The van der Waals surface area contributed by atoms with Gasteiger partial charge in [0, 0.05) is 12.6 Å². The largest absolute Gasteiger partial charge is 0.331 e. The minimum atomic E-state index is 0.259. The first kappa shape index (κ1) is 12.8. The van der Waals surface area contributed by atoms with Crippen LogP contribution in [0.2, 0.25) is 0 Å². The van der Waals surface area contributed by atoms with Crippen molar-refractivity contribution in [3.63, 3.8) is 0 Å². The topological polar surface area (TPSA) is 47.8 Å². The predicted octanol–water partition coefficient (Wildman–Crippen LogP) is 2.69. The Balaban J connectivity index is 2.58. The molecule has 1 aromatic carbocycles. The minimum absolute atomic E-state index is 0.259. The van der Waals surface area contributed by atoms with Crippen molar-refractivity contribution in [1.82, 2.24) is 14.5 Å². The molecule has 18 heavy (non-hydrogen) atoms. The number of benzene rings is 1. The lowest BCUT2D eigenvalue weighted by molar-refractivity contribution is 0.339. The van der Waals surface area contributed by atoms with Gasteiger partial charge in [-0.2, -0.15) is 5.26 Å². The van der Waals surface area contributed by atoms with E-state index in [4.69, 9.17) is 17.5 Å². The zero-order chi connectivity index (χ0) is 13.3. The molecule has 1 aromatic heterocycles. The van der Waals surface area contributed by atoms with E-state index in [0.29, 0.717) is 10.3 Å². The number of hydrogen-bond acceptors (Lipinski definition) is 3. The number of hydrogen-bond donors (Lipinski definition) is 1. The van der Waals surface area contributed by atoms with Gasteiger partial charge in [0.1, 0.15) is 0 Å². The number of nitrogens with zero attached hydrogens (tertiary/aromatic N) is 3. The molecule has 0 aliphatic heterocycles. The van der Waals surface area contributed by atoms with Crippen LogP contribution in [0.25, 0.3) is 11.0 Å². The quantitative estimate of drug-likeness (QED) is 0.863. The molecule has 4 nitrogen and oxygen atoms in total. The van der Waals surface area contributed by atoms with E-state index in [0.717, 1.165) is 17.6 Å². The number of nitrogens with one attached hydrogen (secondary N) is 1. The zero-order valence-corrected chi connectivity index (χ0v) is 11.6. The Morgan fingerprint density at radius 1 is 1.50 bits per heavy atom. The van der Waals surface area contributed by atoms with Crippen molar-refractivity contribution < 1.29 is 0 Å². The van der Waals surface area contributed by atoms with Crippen LogP contribution in [0, 0.1) is 16.1 Å². The summed E-state index contributed by atoms with van der Waals surface area (Å²) < 4.78 is 2.78. The summed E-state index contributed by atoms with van der Waals surface area (Å²) in [6.45, 7) is 3.03. The van der Waals surface area contributed by atoms with Crippen LogP contribution in [0.1, 0.15) is 18.5 Å². The van der Waals surface area contributed by atoms with Crippen LogP contribution >= 0.6 is 12.2 Å². The summed E-state index contributed by atoms with van der Waals surface area (Å²) in [5.41, 5.74) is 2.63. The van der Waals surface area contributed by atoms with Crippen LogP contribution in [0.4, 0.5) is 0 Å². The van der Waals surface area contributed by atoms with Crippen molar-refractivity contribution in [2.45, 2.75) is 13.0 Å². The van der Waals surface area contributed by atoms with E-state index >= 15 is 0 Å². The van der Waals surface area contributed by atoms with Crippen LogP contribution < -0.4 is 0 Å². The summed E-state index contributed by atoms with van der Waals surface area (Å²) in [5, 5.41) is 8.98. The third kappa shape index (κ3) is 2.30. The van der Waals surface area contributed by atoms with Crippen molar-refractivity contribution in [3.05, 3.63) is 28.5 Å². The highest BCUT2D eigenvalue weighted by Crippen LogP contribution is 2.20. The van der Waals surface area contributed by atoms with Gasteiger partial charge < -0.3 is 14.5 Å². The minimum Gasteiger partial charge on any atom is -0.331 e. The fourth-order valence-electron chi connectivity index (χ4n) is 2.24. The molecule has 1 atom stereocenters. The molecule has 0 bridgehead atoms. The highest BCUT2D eigenvalue weighted by molar-refractivity contribution is 7.71. The maximum atomic E-state index is 8.98. The molecule has 0 radical (unpaired) electrons. The van der Waals surface area contributed by atoms with E-state index in [1.807, 2.05) is 26.2 Å². The van der Waals surface area contributed by atoms with E-state index in [1.54, 1.807) is 6.07 Å². The fourth-order valence-corrected chi connectivity index (χ4v) is 2.63. The second-order valence-corrected chi connectivity index (χ2v) is 5.14. The summed E-state index contributed by atoms with van der Waals surface area (Å²) in [6, 6.07) is 8.01. The Labute approximate surface area is 111 Å². The van der Waals surface area contributed by atoms with Crippen LogP contribution in [0.3, 0.4) is 0 Å². The Morgan fingerprint density at radius 2 is 2.22 bits per heavy atom. The number of fused-ring (bicyclic) bond motifs is 1. The fraction of sp³-hybridized carbons (Fsp3) is 0.385. The number of likely N-dealkylation sites (N-methyl/N-ethyl adjacent to an activating group) is 1. The predicted molar refractivity (Wildman–Crippen MR) is 75.1 cm³/mol. The van der Waals surface area contributed by atoms with E-state index < -0.39 is 0 Å². The molecular weight excluding hydrogens is 244 g/mol. The molecule has 0 aliphatic carbocycles. The van der Waals surface area contributed by atoms with Crippen LogP contribution in [0.15, 0.2) is 18.2 Å². The number of H-pyrrole nitrogens is 1. The highest BCUT2D eigenvalue weighted by Gasteiger charge is 2.12. The monoisotopic (exact) mass is 260 g/mol. The van der Waals surface area contributed by atoms with Gasteiger partial charge in [0.05, 0.1) is 22.7 Å². The maximum Gasteiger partial charge on any atom is 0.178 e. The third-order valence-electron chi connectivity index (χ3n) is 2.92. The van der Waals surface area contributed by atoms with Crippen molar-refractivity contribution in [2.24, 2.45) is 0 Å². The number of nitriles is 1. The average Bonchev–Trinajstić information content (AvgIpc) is 2.62. The Bertz CT molecular complexity index is 660. The lowest BCUT2D eigenvalue weighted by Gasteiger charge is -2.19.